The van der Waals surface area contributed by atoms with Crippen LogP contribution in [-0.4, -0.2) is 44.9 Å². The number of piperidine rings is 1. The summed E-state index contributed by atoms with van der Waals surface area (Å²) in [5, 5.41) is 7.14. The highest BCUT2D eigenvalue weighted by atomic mass is 16.1. The summed E-state index contributed by atoms with van der Waals surface area (Å²) in [6, 6.07) is 1.74. The highest BCUT2D eigenvalue weighted by Crippen LogP contribution is 2.21. The normalized spacial score (nSPS) is 16.5. The summed E-state index contributed by atoms with van der Waals surface area (Å²) in [5.41, 5.74) is 0.786. The van der Waals surface area contributed by atoms with Crippen molar-refractivity contribution in [3.05, 3.63) is 41.3 Å². The van der Waals surface area contributed by atoms with E-state index in [1.807, 2.05) is 17.7 Å². The number of amides is 1. The molecule has 1 amide bonds. The second-order valence-corrected chi connectivity index (χ2v) is 6.97. The van der Waals surface area contributed by atoms with E-state index in [0.29, 0.717) is 18.9 Å². The van der Waals surface area contributed by atoms with E-state index in [1.54, 1.807) is 31.8 Å². The third kappa shape index (κ3) is 4.50. The first-order valence-electron chi connectivity index (χ1n) is 9.05. The monoisotopic (exact) mass is 358 g/mol. The zero-order valence-corrected chi connectivity index (χ0v) is 15.3. The van der Waals surface area contributed by atoms with Crippen molar-refractivity contribution in [2.24, 2.45) is 13.0 Å². The van der Waals surface area contributed by atoms with Gasteiger partial charge in [0.25, 0.3) is 5.56 Å². The molecule has 3 heterocycles. The maximum atomic E-state index is 12.1. The number of rotatable bonds is 6. The van der Waals surface area contributed by atoms with Crippen molar-refractivity contribution in [2.45, 2.75) is 32.2 Å². The first kappa shape index (κ1) is 18.2. The number of anilines is 1. The molecule has 1 saturated heterocycles. The zero-order chi connectivity index (χ0) is 18.5. The number of aromatic nitrogens is 4. The number of nitrogens with zero attached hydrogens (tertiary/aromatic N) is 5. The van der Waals surface area contributed by atoms with Gasteiger partial charge in [0.15, 0.2) is 0 Å². The minimum atomic E-state index is -0.0936. The van der Waals surface area contributed by atoms with Gasteiger partial charge in [0, 0.05) is 57.6 Å². The standard InChI is InChI=1S/C18H26N6O2/c1-14(24-8-5-19-13-24)9-17(25)20-11-15-3-6-23(7-4-15)16-10-18(26)22(2)21-12-16/h5,8,10,12-15H,3-4,6-7,9,11H2,1-2H3,(H,20,25)/t14-/m0/s1. The van der Waals surface area contributed by atoms with Crippen molar-refractivity contribution in [3.8, 4) is 0 Å². The Morgan fingerprint density at radius 1 is 1.38 bits per heavy atom. The van der Waals surface area contributed by atoms with Crippen molar-refractivity contribution in [3.63, 3.8) is 0 Å². The smallest absolute Gasteiger partial charge is 0.268 e. The van der Waals surface area contributed by atoms with E-state index in [0.717, 1.165) is 31.6 Å². The molecular formula is C18H26N6O2. The van der Waals surface area contributed by atoms with Gasteiger partial charge in [0.1, 0.15) is 0 Å². The van der Waals surface area contributed by atoms with Crippen molar-refractivity contribution in [1.82, 2.24) is 24.6 Å². The van der Waals surface area contributed by atoms with Crippen molar-refractivity contribution in [2.75, 3.05) is 24.5 Å². The third-order valence-electron chi connectivity index (χ3n) is 5.04. The lowest BCUT2D eigenvalue weighted by molar-refractivity contribution is -0.122. The summed E-state index contributed by atoms with van der Waals surface area (Å²) in [6.45, 7) is 4.47. The SMILES string of the molecule is C[C@@H](CC(=O)NCC1CCN(c2cnn(C)c(=O)c2)CC1)n1ccnc1. The summed E-state index contributed by atoms with van der Waals surface area (Å²) in [6.07, 6.45) is 9.51. The molecule has 2 aromatic rings. The Morgan fingerprint density at radius 3 is 2.81 bits per heavy atom. The number of aryl methyl sites for hydroxylation is 1. The van der Waals surface area contributed by atoms with Crippen molar-refractivity contribution >= 4 is 11.6 Å². The van der Waals surface area contributed by atoms with Crippen LogP contribution in [0.1, 0.15) is 32.2 Å². The van der Waals surface area contributed by atoms with Gasteiger partial charge < -0.3 is 14.8 Å². The van der Waals surface area contributed by atoms with E-state index in [2.05, 4.69) is 20.3 Å². The number of carbonyl (C=O) groups excluding carboxylic acids is 1. The summed E-state index contributed by atoms with van der Waals surface area (Å²) < 4.78 is 3.27. The van der Waals surface area contributed by atoms with Crippen LogP contribution in [0.3, 0.4) is 0 Å². The van der Waals surface area contributed by atoms with Gasteiger partial charge in [-0.15, -0.1) is 0 Å². The molecule has 1 atom stereocenters. The van der Waals surface area contributed by atoms with Crippen LogP contribution in [0.5, 0.6) is 0 Å². The number of carbonyl (C=O) groups is 1. The molecule has 0 aromatic carbocycles. The number of hydrogen-bond donors (Lipinski definition) is 1. The van der Waals surface area contributed by atoms with E-state index in [9.17, 15) is 9.59 Å². The molecule has 140 valence electrons. The lowest BCUT2D eigenvalue weighted by atomic mass is 9.96. The lowest BCUT2D eigenvalue weighted by Gasteiger charge is -2.33. The molecule has 0 unspecified atom stereocenters. The van der Waals surface area contributed by atoms with Crippen LogP contribution >= 0.6 is 0 Å². The van der Waals surface area contributed by atoms with Crippen LogP contribution in [0, 0.1) is 5.92 Å². The van der Waals surface area contributed by atoms with E-state index >= 15 is 0 Å². The average molecular weight is 358 g/mol. The molecule has 0 spiro atoms. The van der Waals surface area contributed by atoms with Crippen molar-refractivity contribution in [1.29, 1.82) is 0 Å². The van der Waals surface area contributed by atoms with Crippen LogP contribution in [-0.2, 0) is 11.8 Å². The quantitative estimate of drug-likeness (QED) is 0.831. The molecule has 0 bridgehead atoms. The first-order valence-corrected chi connectivity index (χ1v) is 9.05. The lowest BCUT2D eigenvalue weighted by Crippen LogP contribution is -2.39. The topological polar surface area (TPSA) is 85.0 Å². The first-order chi connectivity index (χ1) is 12.5. The maximum absolute atomic E-state index is 12.1. The molecule has 2 aromatic heterocycles. The van der Waals surface area contributed by atoms with Crippen LogP contribution < -0.4 is 15.8 Å². The molecule has 3 rings (SSSR count). The van der Waals surface area contributed by atoms with E-state index in [1.165, 1.54) is 4.68 Å². The van der Waals surface area contributed by atoms with Crippen LogP contribution in [0.15, 0.2) is 35.8 Å². The molecule has 8 heteroatoms. The fourth-order valence-electron chi connectivity index (χ4n) is 3.26. The van der Waals surface area contributed by atoms with Gasteiger partial charge in [-0.1, -0.05) is 0 Å². The highest BCUT2D eigenvalue weighted by Gasteiger charge is 2.21. The fraction of sp³-hybridized carbons (Fsp3) is 0.556. The number of nitrogens with one attached hydrogen (secondary N) is 1. The Morgan fingerprint density at radius 2 is 2.15 bits per heavy atom. The van der Waals surface area contributed by atoms with Gasteiger partial charge >= 0.3 is 0 Å². The number of imidazole rings is 1. The Kier molecular flexibility index (Phi) is 5.70. The van der Waals surface area contributed by atoms with Crippen LogP contribution in [0.25, 0.3) is 0 Å². The molecule has 0 aliphatic carbocycles. The minimum absolute atomic E-state index is 0.0735. The molecule has 8 nitrogen and oxygen atoms in total. The fourth-order valence-corrected chi connectivity index (χ4v) is 3.26. The second-order valence-electron chi connectivity index (χ2n) is 6.97. The van der Waals surface area contributed by atoms with Gasteiger partial charge in [0.2, 0.25) is 5.91 Å². The van der Waals surface area contributed by atoms with Gasteiger partial charge in [-0.2, -0.15) is 5.10 Å². The molecule has 1 fully saturated rings. The van der Waals surface area contributed by atoms with E-state index < -0.39 is 0 Å². The summed E-state index contributed by atoms with van der Waals surface area (Å²) >= 11 is 0. The number of hydrogen-bond acceptors (Lipinski definition) is 5. The largest absolute Gasteiger partial charge is 0.370 e. The molecule has 26 heavy (non-hydrogen) atoms. The zero-order valence-electron chi connectivity index (χ0n) is 15.3. The summed E-state index contributed by atoms with van der Waals surface area (Å²) in [5.74, 6) is 0.544. The van der Waals surface area contributed by atoms with Gasteiger partial charge in [-0.05, 0) is 25.7 Å². The molecule has 1 aliphatic rings. The Hall–Kier alpha value is -2.64. The second kappa shape index (κ2) is 8.16. The van der Waals surface area contributed by atoms with Crippen molar-refractivity contribution < 1.29 is 4.79 Å². The van der Waals surface area contributed by atoms with Crippen LogP contribution in [0.2, 0.25) is 0 Å². The van der Waals surface area contributed by atoms with Gasteiger partial charge in [-0.3, -0.25) is 9.59 Å². The maximum Gasteiger partial charge on any atom is 0.268 e. The summed E-state index contributed by atoms with van der Waals surface area (Å²) in [4.78, 5) is 30.1. The van der Waals surface area contributed by atoms with Gasteiger partial charge in [0.05, 0.1) is 18.2 Å². The molecule has 0 radical (unpaired) electrons. The molecular weight excluding hydrogens is 332 g/mol. The average Bonchev–Trinajstić information content (AvgIpc) is 3.18. The van der Waals surface area contributed by atoms with E-state index in [4.69, 9.17) is 0 Å². The predicted octanol–water partition coefficient (Wildman–Crippen LogP) is 0.961. The molecule has 1 aliphatic heterocycles. The van der Waals surface area contributed by atoms with Gasteiger partial charge in [-0.25, -0.2) is 9.67 Å². The van der Waals surface area contributed by atoms with E-state index in [-0.39, 0.29) is 17.5 Å². The Labute approximate surface area is 152 Å². The molecule has 1 N–H and O–H groups in total. The Balaban J connectivity index is 1.42. The van der Waals surface area contributed by atoms with Crippen LogP contribution in [0.4, 0.5) is 5.69 Å². The molecule has 0 saturated carbocycles. The predicted molar refractivity (Wildman–Crippen MR) is 99.0 cm³/mol. The highest BCUT2D eigenvalue weighted by molar-refractivity contribution is 5.76. The summed E-state index contributed by atoms with van der Waals surface area (Å²) in [7, 11) is 1.65. The Bertz CT molecular complexity index is 777. The third-order valence-corrected chi connectivity index (χ3v) is 5.04. The minimum Gasteiger partial charge on any atom is -0.370 e.